The van der Waals surface area contributed by atoms with Gasteiger partial charge in [-0.2, -0.15) is 5.10 Å². The van der Waals surface area contributed by atoms with Gasteiger partial charge in [0.15, 0.2) is 0 Å². The molecule has 0 atom stereocenters. The van der Waals surface area contributed by atoms with Crippen molar-refractivity contribution in [1.29, 1.82) is 0 Å². The van der Waals surface area contributed by atoms with Crippen LogP contribution in [0.1, 0.15) is 26.5 Å². The molecule has 0 saturated heterocycles. The standard InChI is InChI=1S/C25H22N6OS/c1-18-23(24(32)27-16-20-5-4-11-26-15-20)33-25(28-18)22-10-14-31(29-22)17-19-6-8-21(9-7-19)30-12-2-3-13-30/h2-15H,16-17H2,1H3,(H,27,32). The Labute approximate surface area is 195 Å². The number of rotatable bonds is 7. The van der Waals surface area contributed by atoms with Crippen LogP contribution in [0.5, 0.6) is 0 Å². The normalized spacial score (nSPS) is 10.9. The summed E-state index contributed by atoms with van der Waals surface area (Å²) < 4.78 is 3.96. The van der Waals surface area contributed by atoms with Crippen molar-refractivity contribution in [2.45, 2.75) is 20.0 Å². The highest BCUT2D eigenvalue weighted by molar-refractivity contribution is 7.17. The van der Waals surface area contributed by atoms with Crippen LogP contribution in [0.25, 0.3) is 16.4 Å². The number of hydrogen-bond acceptors (Lipinski definition) is 5. The monoisotopic (exact) mass is 454 g/mol. The molecule has 0 unspecified atom stereocenters. The first-order chi connectivity index (χ1) is 16.2. The number of carbonyl (C=O) groups excluding carboxylic acids is 1. The fourth-order valence-corrected chi connectivity index (χ4v) is 4.46. The zero-order chi connectivity index (χ0) is 22.6. The zero-order valence-corrected chi connectivity index (χ0v) is 18.9. The molecule has 4 heterocycles. The molecule has 5 rings (SSSR count). The molecular formula is C25H22N6OS. The third-order valence-electron chi connectivity index (χ3n) is 5.22. The summed E-state index contributed by atoms with van der Waals surface area (Å²) in [6.45, 7) is 2.94. The molecule has 0 aliphatic rings. The maximum absolute atomic E-state index is 12.7. The largest absolute Gasteiger partial charge is 0.347 e. The third-order valence-corrected chi connectivity index (χ3v) is 6.40. The molecule has 8 heteroatoms. The van der Waals surface area contributed by atoms with Gasteiger partial charge in [-0.1, -0.05) is 18.2 Å². The highest BCUT2D eigenvalue weighted by Crippen LogP contribution is 2.27. The number of amides is 1. The van der Waals surface area contributed by atoms with Gasteiger partial charge in [0.1, 0.15) is 15.6 Å². The van der Waals surface area contributed by atoms with E-state index in [1.165, 1.54) is 11.3 Å². The summed E-state index contributed by atoms with van der Waals surface area (Å²) in [7, 11) is 0. The summed E-state index contributed by atoms with van der Waals surface area (Å²) in [4.78, 5) is 21.9. The van der Waals surface area contributed by atoms with E-state index < -0.39 is 0 Å². The van der Waals surface area contributed by atoms with E-state index in [-0.39, 0.29) is 5.91 Å². The number of nitrogens with zero attached hydrogens (tertiary/aromatic N) is 5. The van der Waals surface area contributed by atoms with Gasteiger partial charge in [-0.25, -0.2) is 4.98 Å². The Bertz CT molecular complexity index is 1350. The predicted octanol–water partition coefficient (Wildman–Crippen LogP) is 4.48. The topological polar surface area (TPSA) is 77.6 Å². The fourth-order valence-electron chi connectivity index (χ4n) is 3.51. The number of benzene rings is 1. The number of aryl methyl sites for hydroxylation is 1. The predicted molar refractivity (Wildman–Crippen MR) is 128 cm³/mol. The lowest BCUT2D eigenvalue weighted by atomic mass is 10.2. The van der Waals surface area contributed by atoms with Crippen LogP contribution in [-0.2, 0) is 13.1 Å². The van der Waals surface area contributed by atoms with Gasteiger partial charge in [-0.05, 0) is 54.4 Å². The fraction of sp³-hybridized carbons (Fsp3) is 0.120. The summed E-state index contributed by atoms with van der Waals surface area (Å²) in [5, 5.41) is 8.35. The molecule has 164 valence electrons. The van der Waals surface area contributed by atoms with Gasteiger partial charge in [0, 0.05) is 43.2 Å². The van der Waals surface area contributed by atoms with E-state index in [2.05, 4.69) is 49.2 Å². The van der Waals surface area contributed by atoms with E-state index in [1.54, 1.807) is 12.4 Å². The van der Waals surface area contributed by atoms with Crippen LogP contribution in [0.3, 0.4) is 0 Å². The Kier molecular flexibility index (Phi) is 5.82. The molecule has 0 aliphatic carbocycles. The van der Waals surface area contributed by atoms with Crippen LogP contribution in [0, 0.1) is 6.92 Å². The Morgan fingerprint density at radius 2 is 1.82 bits per heavy atom. The second kappa shape index (κ2) is 9.22. The van der Waals surface area contributed by atoms with Gasteiger partial charge in [-0.15, -0.1) is 11.3 Å². The smallest absolute Gasteiger partial charge is 0.263 e. The van der Waals surface area contributed by atoms with E-state index in [9.17, 15) is 4.79 Å². The van der Waals surface area contributed by atoms with Gasteiger partial charge < -0.3 is 9.88 Å². The first-order valence-electron chi connectivity index (χ1n) is 10.6. The van der Waals surface area contributed by atoms with Crippen molar-refractivity contribution in [2.24, 2.45) is 0 Å². The molecule has 4 aromatic heterocycles. The molecule has 0 radical (unpaired) electrons. The van der Waals surface area contributed by atoms with E-state index in [1.807, 2.05) is 60.5 Å². The minimum absolute atomic E-state index is 0.137. The molecule has 0 aliphatic heterocycles. The number of thiazole rings is 1. The highest BCUT2D eigenvalue weighted by Gasteiger charge is 2.17. The van der Waals surface area contributed by atoms with Crippen molar-refractivity contribution in [3.05, 3.63) is 107 Å². The van der Waals surface area contributed by atoms with E-state index >= 15 is 0 Å². The van der Waals surface area contributed by atoms with Crippen molar-refractivity contribution in [1.82, 2.24) is 29.6 Å². The zero-order valence-electron chi connectivity index (χ0n) is 18.0. The molecule has 1 aromatic carbocycles. The van der Waals surface area contributed by atoms with Gasteiger partial charge in [0.2, 0.25) is 0 Å². The summed E-state index contributed by atoms with van der Waals surface area (Å²) in [5.41, 5.74) is 4.70. The third kappa shape index (κ3) is 4.75. The maximum Gasteiger partial charge on any atom is 0.263 e. The molecule has 33 heavy (non-hydrogen) atoms. The quantitative estimate of drug-likeness (QED) is 0.393. The summed E-state index contributed by atoms with van der Waals surface area (Å²) >= 11 is 1.36. The first-order valence-corrected chi connectivity index (χ1v) is 11.4. The average molecular weight is 455 g/mol. The van der Waals surface area contributed by atoms with Crippen LogP contribution in [0.15, 0.2) is 85.6 Å². The lowest BCUT2D eigenvalue weighted by Gasteiger charge is -2.05. The van der Waals surface area contributed by atoms with Crippen molar-refractivity contribution >= 4 is 17.2 Å². The van der Waals surface area contributed by atoms with Crippen molar-refractivity contribution < 1.29 is 4.79 Å². The van der Waals surface area contributed by atoms with Crippen LogP contribution in [0.4, 0.5) is 0 Å². The Morgan fingerprint density at radius 3 is 2.58 bits per heavy atom. The van der Waals surface area contributed by atoms with Gasteiger partial charge in [0.25, 0.3) is 5.91 Å². The van der Waals surface area contributed by atoms with Crippen molar-refractivity contribution in [2.75, 3.05) is 0 Å². The summed E-state index contributed by atoms with van der Waals surface area (Å²) in [6, 6.07) is 18.1. The molecule has 0 bridgehead atoms. The Hall–Kier alpha value is -4.04. The van der Waals surface area contributed by atoms with Gasteiger partial charge in [-0.3, -0.25) is 14.5 Å². The number of nitrogens with one attached hydrogen (secondary N) is 1. The number of hydrogen-bond donors (Lipinski definition) is 1. The number of carbonyl (C=O) groups is 1. The molecule has 1 N–H and O–H groups in total. The molecule has 0 saturated carbocycles. The minimum Gasteiger partial charge on any atom is -0.347 e. The molecule has 1 amide bonds. The van der Waals surface area contributed by atoms with Crippen molar-refractivity contribution in [3.63, 3.8) is 0 Å². The second-order valence-electron chi connectivity index (χ2n) is 7.63. The number of aromatic nitrogens is 5. The Balaban J connectivity index is 1.25. The second-order valence-corrected chi connectivity index (χ2v) is 8.63. The lowest BCUT2D eigenvalue weighted by molar-refractivity contribution is 0.0954. The van der Waals surface area contributed by atoms with E-state index in [0.29, 0.717) is 23.7 Å². The molecule has 0 fully saturated rings. The van der Waals surface area contributed by atoms with E-state index in [4.69, 9.17) is 0 Å². The highest BCUT2D eigenvalue weighted by atomic mass is 32.1. The molecule has 5 aromatic rings. The maximum atomic E-state index is 12.7. The molecule has 7 nitrogen and oxygen atoms in total. The van der Waals surface area contributed by atoms with Gasteiger partial charge >= 0.3 is 0 Å². The van der Waals surface area contributed by atoms with Crippen molar-refractivity contribution in [3.8, 4) is 16.4 Å². The van der Waals surface area contributed by atoms with Crippen LogP contribution in [-0.4, -0.2) is 30.2 Å². The van der Waals surface area contributed by atoms with Gasteiger partial charge in [0.05, 0.1) is 12.2 Å². The summed E-state index contributed by atoms with van der Waals surface area (Å²) in [5.74, 6) is -0.137. The Morgan fingerprint density at radius 1 is 1.00 bits per heavy atom. The van der Waals surface area contributed by atoms with Crippen LogP contribution in [0.2, 0.25) is 0 Å². The minimum atomic E-state index is -0.137. The van der Waals surface area contributed by atoms with Crippen LogP contribution >= 0.6 is 11.3 Å². The summed E-state index contributed by atoms with van der Waals surface area (Å²) in [6.07, 6.45) is 9.44. The number of pyridine rings is 1. The molecular weight excluding hydrogens is 432 g/mol. The van der Waals surface area contributed by atoms with E-state index in [0.717, 1.165) is 27.5 Å². The first kappa shape index (κ1) is 20.8. The van der Waals surface area contributed by atoms with Crippen LogP contribution < -0.4 is 5.32 Å². The average Bonchev–Trinajstić information content (AvgIpc) is 3.60. The lowest BCUT2D eigenvalue weighted by Crippen LogP contribution is -2.22. The SMILES string of the molecule is Cc1nc(-c2ccn(Cc3ccc(-n4cccc4)cc3)n2)sc1C(=O)NCc1cccnc1. The molecule has 0 spiro atoms.